The number of benzene rings is 2. The van der Waals surface area contributed by atoms with Crippen LogP contribution < -0.4 is 5.73 Å². The Bertz CT molecular complexity index is 555. The van der Waals surface area contributed by atoms with Gasteiger partial charge in [0.05, 0.1) is 0 Å². The molecule has 0 spiro atoms. The van der Waals surface area contributed by atoms with E-state index in [4.69, 9.17) is 5.73 Å². The van der Waals surface area contributed by atoms with Crippen LogP contribution in [0.1, 0.15) is 17.0 Å². The molecule has 2 aromatic carbocycles. The van der Waals surface area contributed by atoms with E-state index < -0.39 is 11.6 Å². The average Bonchev–Trinajstić information content (AvgIpc) is 2.39. The average molecular weight is 326 g/mol. The highest BCUT2D eigenvalue weighted by atomic mass is 79.9. The second-order valence-corrected chi connectivity index (χ2v) is 5.34. The Balaban J connectivity index is 2.21. The van der Waals surface area contributed by atoms with Crippen molar-refractivity contribution in [2.24, 2.45) is 5.73 Å². The van der Waals surface area contributed by atoms with Crippen LogP contribution in [0.25, 0.3) is 0 Å². The monoisotopic (exact) mass is 325 g/mol. The van der Waals surface area contributed by atoms with Gasteiger partial charge in [-0.25, -0.2) is 8.78 Å². The number of nitrogens with two attached hydrogens (primary N) is 1. The highest BCUT2D eigenvalue weighted by Crippen LogP contribution is 2.23. The van der Waals surface area contributed by atoms with Crippen LogP contribution in [0, 0.1) is 11.6 Å². The Labute approximate surface area is 119 Å². The van der Waals surface area contributed by atoms with E-state index in [-0.39, 0.29) is 5.92 Å². The van der Waals surface area contributed by atoms with Gasteiger partial charge in [0.25, 0.3) is 0 Å². The Hall–Kier alpha value is -1.26. The maximum atomic E-state index is 13.6. The first-order valence-corrected chi connectivity index (χ1v) is 6.79. The zero-order chi connectivity index (χ0) is 13.8. The van der Waals surface area contributed by atoms with Gasteiger partial charge in [-0.2, -0.15) is 0 Å². The van der Waals surface area contributed by atoms with Crippen molar-refractivity contribution < 1.29 is 8.78 Å². The number of halogens is 3. The lowest BCUT2D eigenvalue weighted by molar-refractivity contribution is 0.562. The maximum Gasteiger partial charge on any atom is 0.129 e. The first-order chi connectivity index (χ1) is 9.10. The molecule has 4 heteroatoms. The van der Waals surface area contributed by atoms with E-state index in [1.165, 1.54) is 12.1 Å². The molecule has 0 fully saturated rings. The lowest BCUT2D eigenvalue weighted by Gasteiger charge is -2.16. The zero-order valence-corrected chi connectivity index (χ0v) is 11.8. The summed E-state index contributed by atoms with van der Waals surface area (Å²) in [4.78, 5) is 0. The normalized spacial score (nSPS) is 12.4. The largest absolute Gasteiger partial charge is 0.330 e. The smallest absolute Gasteiger partial charge is 0.129 e. The van der Waals surface area contributed by atoms with E-state index in [1.807, 2.05) is 24.3 Å². The minimum absolute atomic E-state index is 0.0214. The summed E-state index contributed by atoms with van der Waals surface area (Å²) in [5.74, 6) is -1.06. The zero-order valence-electron chi connectivity index (χ0n) is 10.2. The number of hydrogen-bond donors (Lipinski definition) is 1. The summed E-state index contributed by atoms with van der Waals surface area (Å²) in [5.41, 5.74) is 7.30. The molecule has 0 aromatic heterocycles. The van der Waals surface area contributed by atoms with Gasteiger partial charge in [0.2, 0.25) is 0 Å². The molecule has 0 saturated heterocycles. The predicted octanol–water partition coefficient (Wildman–Crippen LogP) is 4.01. The van der Waals surface area contributed by atoms with Gasteiger partial charge in [-0.15, -0.1) is 0 Å². The molecule has 1 nitrogen and oxygen atoms in total. The predicted molar refractivity (Wildman–Crippen MR) is 76.0 cm³/mol. The summed E-state index contributed by atoms with van der Waals surface area (Å²) in [6, 6.07) is 11.4. The van der Waals surface area contributed by atoms with Gasteiger partial charge in [0.1, 0.15) is 11.6 Å². The molecule has 0 heterocycles. The van der Waals surface area contributed by atoms with Crippen molar-refractivity contribution in [1.29, 1.82) is 0 Å². The molecule has 2 N–H and O–H groups in total. The van der Waals surface area contributed by atoms with Crippen LogP contribution in [-0.4, -0.2) is 6.54 Å². The highest BCUT2D eigenvalue weighted by Gasteiger charge is 2.13. The van der Waals surface area contributed by atoms with Crippen molar-refractivity contribution in [3.05, 3.63) is 69.7 Å². The van der Waals surface area contributed by atoms with E-state index in [2.05, 4.69) is 15.9 Å². The molecule has 100 valence electrons. The van der Waals surface area contributed by atoms with E-state index in [9.17, 15) is 8.78 Å². The Morgan fingerprint density at radius 1 is 1.05 bits per heavy atom. The summed E-state index contributed by atoms with van der Waals surface area (Å²) in [6.07, 6.45) is 0.463. The molecule has 2 aromatic rings. The van der Waals surface area contributed by atoms with Crippen LogP contribution in [0.5, 0.6) is 0 Å². The molecule has 0 aliphatic rings. The van der Waals surface area contributed by atoms with Crippen molar-refractivity contribution in [3.8, 4) is 0 Å². The SMILES string of the molecule is NCC(Cc1ccc(F)cc1F)c1ccc(Br)cc1. The Kier molecular flexibility index (Phi) is 4.66. The van der Waals surface area contributed by atoms with Crippen molar-refractivity contribution in [2.45, 2.75) is 12.3 Å². The fourth-order valence-corrected chi connectivity index (χ4v) is 2.29. The van der Waals surface area contributed by atoms with E-state index >= 15 is 0 Å². The molecule has 0 radical (unpaired) electrons. The van der Waals surface area contributed by atoms with Crippen LogP contribution in [0.3, 0.4) is 0 Å². The number of hydrogen-bond acceptors (Lipinski definition) is 1. The van der Waals surface area contributed by atoms with E-state index in [0.29, 0.717) is 18.5 Å². The summed E-state index contributed by atoms with van der Waals surface area (Å²) >= 11 is 3.37. The minimum atomic E-state index is -0.561. The third-order valence-electron chi connectivity index (χ3n) is 3.11. The minimum Gasteiger partial charge on any atom is -0.330 e. The molecule has 19 heavy (non-hydrogen) atoms. The van der Waals surface area contributed by atoms with Crippen LogP contribution in [0.2, 0.25) is 0 Å². The van der Waals surface area contributed by atoms with Gasteiger partial charge in [-0.3, -0.25) is 0 Å². The summed E-state index contributed by atoms with van der Waals surface area (Å²) in [5, 5.41) is 0. The van der Waals surface area contributed by atoms with Crippen molar-refractivity contribution in [2.75, 3.05) is 6.54 Å². The van der Waals surface area contributed by atoms with Crippen LogP contribution in [-0.2, 0) is 6.42 Å². The van der Waals surface area contributed by atoms with E-state index in [1.54, 1.807) is 0 Å². The third-order valence-corrected chi connectivity index (χ3v) is 3.64. The van der Waals surface area contributed by atoms with Gasteiger partial charge in [0, 0.05) is 16.5 Å². The molecular weight excluding hydrogens is 312 g/mol. The fraction of sp³-hybridized carbons (Fsp3) is 0.200. The molecular formula is C15H14BrF2N. The topological polar surface area (TPSA) is 26.0 Å². The fourth-order valence-electron chi connectivity index (χ4n) is 2.02. The van der Waals surface area contributed by atoms with Gasteiger partial charge in [-0.1, -0.05) is 34.1 Å². The second kappa shape index (κ2) is 6.26. The van der Waals surface area contributed by atoms with Crippen LogP contribution >= 0.6 is 15.9 Å². The molecule has 2 rings (SSSR count). The lowest BCUT2D eigenvalue weighted by Crippen LogP contribution is -2.15. The standard InChI is InChI=1S/C15H14BrF2N/c16-13-4-1-10(2-5-13)12(9-19)7-11-3-6-14(17)8-15(11)18/h1-6,8,12H,7,9,19H2. The number of rotatable bonds is 4. The van der Waals surface area contributed by atoms with Gasteiger partial charge in [-0.05, 0) is 42.3 Å². The first kappa shape index (κ1) is 14.2. The lowest BCUT2D eigenvalue weighted by atomic mass is 9.92. The van der Waals surface area contributed by atoms with Crippen LogP contribution in [0.4, 0.5) is 8.78 Å². The van der Waals surface area contributed by atoms with Crippen molar-refractivity contribution in [1.82, 2.24) is 0 Å². The van der Waals surface area contributed by atoms with E-state index in [0.717, 1.165) is 16.1 Å². The summed E-state index contributed by atoms with van der Waals surface area (Å²) in [7, 11) is 0. The quantitative estimate of drug-likeness (QED) is 0.903. The third kappa shape index (κ3) is 3.61. The highest BCUT2D eigenvalue weighted by molar-refractivity contribution is 9.10. The summed E-state index contributed by atoms with van der Waals surface area (Å²) in [6.45, 7) is 0.415. The van der Waals surface area contributed by atoms with Crippen LogP contribution in [0.15, 0.2) is 46.9 Å². The molecule has 0 aliphatic carbocycles. The summed E-state index contributed by atoms with van der Waals surface area (Å²) < 4.78 is 27.5. The maximum absolute atomic E-state index is 13.6. The molecule has 0 bridgehead atoms. The van der Waals surface area contributed by atoms with Gasteiger partial charge < -0.3 is 5.73 Å². The molecule has 0 aliphatic heterocycles. The van der Waals surface area contributed by atoms with Crippen molar-refractivity contribution >= 4 is 15.9 Å². The Morgan fingerprint density at radius 2 is 1.74 bits per heavy atom. The van der Waals surface area contributed by atoms with Crippen molar-refractivity contribution in [3.63, 3.8) is 0 Å². The molecule has 0 amide bonds. The second-order valence-electron chi connectivity index (χ2n) is 4.42. The molecule has 1 atom stereocenters. The van der Waals surface area contributed by atoms with Gasteiger partial charge in [0.15, 0.2) is 0 Å². The Morgan fingerprint density at radius 3 is 2.32 bits per heavy atom. The molecule has 0 saturated carbocycles. The molecule has 1 unspecified atom stereocenters. The van der Waals surface area contributed by atoms with Gasteiger partial charge >= 0.3 is 0 Å². The first-order valence-electron chi connectivity index (χ1n) is 5.99.